The molecule has 0 spiro atoms. The Morgan fingerprint density at radius 2 is 2.11 bits per heavy atom. The number of aromatic nitrogens is 1. The SMILES string of the molecule is Cc1nc2ccc(S(=O)(=O)NCCN(C)C)cc2o1. The van der Waals surface area contributed by atoms with Crippen molar-refractivity contribution >= 4 is 21.1 Å². The first-order valence-electron chi connectivity index (χ1n) is 5.90. The third-order valence-corrected chi connectivity index (χ3v) is 4.09. The lowest BCUT2D eigenvalue weighted by Crippen LogP contribution is -2.31. The van der Waals surface area contributed by atoms with E-state index in [-0.39, 0.29) is 4.90 Å². The van der Waals surface area contributed by atoms with Gasteiger partial charge >= 0.3 is 0 Å². The van der Waals surface area contributed by atoms with Crippen LogP contribution < -0.4 is 4.72 Å². The molecule has 2 rings (SSSR count). The van der Waals surface area contributed by atoms with Crippen molar-refractivity contribution in [1.29, 1.82) is 0 Å². The molecule has 0 aliphatic carbocycles. The van der Waals surface area contributed by atoms with Crippen molar-refractivity contribution in [1.82, 2.24) is 14.6 Å². The molecule has 0 amide bonds. The van der Waals surface area contributed by atoms with Gasteiger partial charge in [0, 0.05) is 26.1 Å². The normalized spacial score (nSPS) is 12.4. The quantitative estimate of drug-likeness (QED) is 0.885. The number of benzene rings is 1. The summed E-state index contributed by atoms with van der Waals surface area (Å²) >= 11 is 0. The first-order chi connectivity index (χ1) is 8.88. The number of rotatable bonds is 5. The van der Waals surface area contributed by atoms with Crippen LogP contribution in [0.2, 0.25) is 0 Å². The van der Waals surface area contributed by atoms with E-state index in [4.69, 9.17) is 4.42 Å². The minimum Gasteiger partial charge on any atom is -0.441 e. The molecule has 0 fully saturated rings. The summed E-state index contributed by atoms with van der Waals surface area (Å²) in [7, 11) is 0.271. The van der Waals surface area contributed by atoms with E-state index in [1.54, 1.807) is 13.0 Å². The van der Waals surface area contributed by atoms with Gasteiger partial charge in [-0.2, -0.15) is 0 Å². The molecule has 0 unspecified atom stereocenters. The molecule has 0 aliphatic rings. The zero-order valence-corrected chi connectivity index (χ0v) is 12.0. The van der Waals surface area contributed by atoms with Crippen molar-refractivity contribution in [2.75, 3.05) is 27.2 Å². The molecule has 104 valence electrons. The Morgan fingerprint density at radius 3 is 2.79 bits per heavy atom. The molecular formula is C12H17N3O3S. The van der Waals surface area contributed by atoms with E-state index in [2.05, 4.69) is 9.71 Å². The average molecular weight is 283 g/mol. The van der Waals surface area contributed by atoms with Crippen LogP contribution in [-0.2, 0) is 10.0 Å². The number of aryl methyl sites for hydroxylation is 1. The van der Waals surface area contributed by atoms with Crippen molar-refractivity contribution in [3.63, 3.8) is 0 Å². The minimum atomic E-state index is -3.50. The fourth-order valence-corrected chi connectivity index (χ4v) is 2.71. The van der Waals surface area contributed by atoms with E-state index < -0.39 is 10.0 Å². The molecule has 0 saturated heterocycles. The largest absolute Gasteiger partial charge is 0.441 e. The second kappa shape index (κ2) is 5.28. The summed E-state index contributed by atoms with van der Waals surface area (Å²) in [5.41, 5.74) is 1.14. The third-order valence-electron chi connectivity index (χ3n) is 2.63. The monoisotopic (exact) mass is 283 g/mol. The zero-order chi connectivity index (χ0) is 14.0. The Labute approximate surface area is 112 Å². The molecule has 19 heavy (non-hydrogen) atoms. The Bertz CT molecular complexity index is 677. The number of likely N-dealkylation sites (N-methyl/N-ethyl adjacent to an activating group) is 1. The average Bonchev–Trinajstić information content (AvgIpc) is 2.67. The van der Waals surface area contributed by atoms with Crippen LogP contribution >= 0.6 is 0 Å². The van der Waals surface area contributed by atoms with Gasteiger partial charge in [0.25, 0.3) is 0 Å². The van der Waals surface area contributed by atoms with Gasteiger partial charge in [-0.1, -0.05) is 0 Å². The molecular weight excluding hydrogens is 266 g/mol. The smallest absolute Gasteiger partial charge is 0.240 e. The highest BCUT2D eigenvalue weighted by molar-refractivity contribution is 7.89. The highest BCUT2D eigenvalue weighted by Gasteiger charge is 2.15. The van der Waals surface area contributed by atoms with Gasteiger partial charge in [-0.15, -0.1) is 0 Å². The van der Waals surface area contributed by atoms with Gasteiger partial charge in [0.15, 0.2) is 11.5 Å². The first kappa shape index (κ1) is 14.0. The van der Waals surface area contributed by atoms with Gasteiger partial charge in [0.2, 0.25) is 10.0 Å². The highest BCUT2D eigenvalue weighted by Crippen LogP contribution is 2.19. The third kappa shape index (κ3) is 3.31. The standard InChI is InChI=1S/C12H17N3O3S/c1-9-14-11-5-4-10(8-12(11)18-9)19(16,17)13-6-7-15(2)3/h4-5,8,13H,6-7H2,1-3H3. The fourth-order valence-electron chi connectivity index (χ4n) is 1.67. The van der Waals surface area contributed by atoms with E-state index >= 15 is 0 Å². The first-order valence-corrected chi connectivity index (χ1v) is 7.38. The Morgan fingerprint density at radius 1 is 1.37 bits per heavy atom. The molecule has 2 aromatic rings. The Hall–Kier alpha value is -1.44. The van der Waals surface area contributed by atoms with E-state index in [0.29, 0.717) is 30.1 Å². The van der Waals surface area contributed by atoms with Crippen LogP contribution in [0.1, 0.15) is 5.89 Å². The maximum atomic E-state index is 12.1. The van der Waals surface area contributed by atoms with Crippen LogP contribution in [0, 0.1) is 6.92 Å². The predicted molar refractivity (Wildman–Crippen MR) is 72.5 cm³/mol. The number of nitrogens with one attached hydrogen (secondary N) is 1. The lowest BCUT2D eigenvalue weighted by molar-refractivity contribution is 0.412. The molecule has 6 nitrogen and oxygen atoms in total. The maximum absolute atomic E-state index is 12.1. The number of sulfonamides is 1. The fraction of sp³-hybridized carbons (Fsp3) is 0.417. The number of oxazole rings is 1. The van der Waals surface area contributed by atoms with Crippen LogP contribution in [0.15, 0.2) is 27.5 Å². The highest BCUT2D eigenvalue weighted by atomic mass is 32.2. The van der Waals surface area contributed by atoms with Crippen LogP contribution in [0.3, 0.4) is 0 Å². The summed E-state index contributed by atoms with van der Waals surface area (Å²) in [6.45, 7) is 2.73. The molecule has 0 saturated carbocycles. The maximum Gasteiger partial charge on any atom is 0.240 e. The van der Waals surface area contributed by atoms with E-state index in [1.165, 1.54) is 12.1 Å². The van der Waals surface area contributed by atoms with Gasteiger partial charge in [-0.05, 0) is 26.2 Å². The van der Waals surface area contributed by atoms with E-state index in [0.717, 1.165) is 0 Å². The minimum absolute atomic E-state index is 0.190. The molecule has 1 aromatic heterocycles. The summed E-state index contributed by atoms with van der Waals surface area (Å²) in [6.07, 6.45) is 0. The van der Waals surface area contributed by atoms with Crippen LogP contribution in [-0.4, -0.2) is 45.5 Å². The van der Waals surface area contributed by atoms with Crippen molar-refractivity contribution in [2.45, 2.75) is 11.8 Å². The molecule has 1 N–H and O–H groups in total. The lowest BCUT2D eigenvalue weighted by Gasteiger charge is -2.10. The summed E-state index contributed by atoms with van der Waals surface area (Å²) in [4.78, 5) is 6.23. The summed E-state index contributed by atoms with van der Waals surface area (Å²) < 4.78 is 32.0. The van der Waals surface area contributed by atoms with Crippen molar-refractivity contribution in [3.05, 3.63) is 24.1 Å². The van der Waals surface area contributed by atoms with Gasteiger partial charge < -0.3 is 9.32 Å². The molecule has 0 atom stereocenters. The molecule has 0 radical (unpaired) electrons. The van der Waals surface area contributed by atoms with Gasteiger partial charge in [-0.25, -0.2) is 18.1 Å². The second-order valence-electron chi connectivity index (χ2n) is 4.56. The summed E-state index contributed by atoms with van der Waals surface area (Å²) in [6, 6.07) is 4.67. The van der Waals surface area contributed by atoms with Crippen molar-refractivity contribution < 1.29 is 12.8 Å². The van der Waals surface area contributed by atoms with Crippen molar-refractivity contribution in [2.24, 2.45) is 0 Å². The second-order valence-corrected chi connectivity index (χ2v) is 6.33. The van der Waals surface area contributed by atoms with E-state index in [9.17, 15) is 8.42 Å². The Balaban J connectivity index is 2.22. The summed E-state index contributed by atoms with van der Waals surface area (Å²) in [5, 5.41) is 0. The molecule has 0 bridgehead atoms. The van der Waals surface area contributed by atoms with E-state index in [1.807, 2.05) is 19.0 Å². The molecule has 1 heterocycles. The number of hydrogen-bond donors (Lipinski definition) is 1. The lowest BCUT2D eigenvalue weighted by atomic mass is 10.3. The zero-order valence-electron chi connectivity index (χ0n) is 11.2. The number of hydrogen-bond acceptors (Lipinski definition) is 5. The topological polar surface area (TPSA) is 75.4 Å². The molecule has 1 aromatic carbocycles. The molecule has 0 aliphatic heterocycles. The van der Waals surface area contributed by atoms with Crippen LogP contribution in [0.4, 0.5) is 0 Å². The van der Waals surface area contributed by atoms with Crippen LogP contribution in [0.5, 0.6) is 0 Å². The van der Waals surface area contributed by atoms with Gasteiger partial charge in [-0.3, -0.25) is 0 Å². The molecule has 7 heteroatoms. The van der Waals surface area contributed by atoms with Crippen molar-refractivity contribution in [3.8, 4) is 0 Å². The summed E-state index contributed by atoms with van der Waals surface area (Å²) in [5.74, 6) is 0.519. The van der Waals surface area contributed by atoms with Crippen LogP contribution in [0.25, 0.3) is 11.1 Å². The van der Waals surface area contributed by atoms with Gasteiger partial charge in [0.05, 0.1) is 4.90 Å². The predicted octanol–water partition coefficient (Wildman–Crippen LogP) is 0.976. The Kier molecular flexibility index (Phi) is 3.88. The number of nitrogens with zero attached hydrogens (tertiary/aromatic N) is 2. The number of fused-ring (bicyclic) bond motifs is 1. The van der Waals surface area contributed by atoms with Gasteiger partial charge in [0.1, 0.15) is 5.52 Å².